The second-order valence-corrected chi connectivity index (χ2v) is 5.57. The van der Waals surface area contributed by atoms with Gasteiger partial charge >= 0.3 is 0 Å². The molecule has 6 nitrogen and oxygen atoms in total. The number of pyridine rings is 1. The van der Waals surface area contributed by atoms with Crippen molar-refractivity contribution in [3.05, 3.63) is 23.9 Å². The van der Waals surface area contributed by atoms with Crippen molar-refractivity contribution in [1.29, 1.82) is 0 Å². The minimum Gasteiger partial charge on any atom is -0.373 e. The molecule has 2 rings (SSSR count). The van der Waals surface area contributed by atoms with Crippen LogP contribution < -0.4 is 10.6 Å². The number of nitrogens with one attached hydrogen (secondary N) is 2. The van der Waals surface area contributed by atoms with E-state index in [-0.39, 0.29) is 11.8 Å². The molecule has 1 aliphatic rings. The highest BCUT2D eigenvalue weighted by Gasteiger charge is 2.26. The van der Waals surface area contributed by atoms with E-state index in [9.17, 15) is 4.79 Å². The first kappa shape index (κ1) is 15.7. The molecule has 1 atom stereocenters. The molecule has 1 unspecified atom stereocenters. The van der Waals surface area contributed by atoms with Crippen LogP contribution in [0.2, 0.25) is 0 Å². The van der Waals surface area contributed by atoms with E-state index in [0.29, 0.717) is 0 Å². The first-order chi connectivity index (χ1) is 10.1. The minimum atomic E-state index is 0.0113. The van der Waals surface area contributed by atoms with E-state index in [1.807, 2.05) is 13.1 Å². The van der Waals surface area contributed by atoms with Gasteiger partial charge in [-0.3, -0.25) is 9.69 Å². The van der Waals surface area contributed by atoms with Crippen LogP contribution in [-0.4, -0.2) is 68.0 Å². The van der Waals surface area contributed by atoms with Crippen molar-refractivity contribution < 1.29 is 4.79 Å². The van der Waals surface area contributed by atoms with Crippen LogP contribution in [0.25, 0.3) is 0 Å². The molecule has 0 radical (unpaired) electrons. The summed E-state index contributed by atoms with van der Waals surface area (Å²) in [5, 5.41) is 5.90. The number of nitrogens with zero attached hydrogens (tertiary/aromatic N) is 3. The van der Waals surface area contributed by atoms with Gasteiger partial charge in [0.25, 0.3) is 0 Å². The smallest absolute Gasteiger partial charge is 0.225 e. The highest BCUT2D eigenvalue weighted by molar-refractivity contribution is 5.78. The fourth-order valence-electron chi connectivity index (χ4n) is 2.79. The molecule has 1 fully saturated rings. The molecule has 1 aromatic heterocycles. The van der Waals surface area contributed by atoms with E-state index in [1.165, 1.54) is 5.56 Å². The Morgan fingerprint density at radius 3 is 2.90 bits per heavy atom. The van der Waals surface area contributed by atoms with Crippen LogP contribution in [0.5, 0.6) is 0 Å². The fraction of sp³-hybridized carbons (Fsp3) is 0.600. The number of likely N-dealkylation sites (N-methyl/N-ethyl adjacent to an activating group) is 1. The zero-order chi connectivity index (χ0) is 15.2. The molecule has 1 amide bonds. The van der Waals surface area contributed by atoms with Crippen LogP contribution in [0.1, 0.15) is 5.56 Å². The van der Waals surface area contributed by atoms with Crippen molar-refractivity contribution in [2.75, 3.05) is 52.6 Å². The van der Waals surface area contributed by atoms with Gasteiger partial charge in [-0.15, -0.1) is 0 Å². The third kappa shape index (κ3) is 4.15. The Kier molecular flexibility index (Phi) is 5.52. The van der Waals surface area contributed by atoms with E-state index >= 15 is 0 Å². The summed E-state index contributed by atoms with van der Waals surface area (Å²) in [6.07, 6.45) is 1.79. The Hall–Kier alpha value is -1.66. The van der Waals surface area contributed by atoms with Crippen molar-refractivity contribution in [2.24, 2.45) is 5.92 Å². The van der Waals surface area contributed by atoms with Gasteiger partial charge in [0, 0.05) is 58.6 Å². The molecule has 0 aromatic carbocycles. The molecule has 2 heterocycles. The summed E-state index contributed by atoms with van der Waals surface area (Å²) in [5.74, 6) is 1.04. The van der Waals surface area contributed by atoms with Crippen LogP contribution in [0.15, 0.2) is 18.3 Å². The Morgan fingerprint density at radius 2 is 2.19 bits per heavy atom. The van der Waals surface area contributed by atoms with Crippen LogP contribution >= 0.6 is 0 Å². The normalized spacial score (nSPS) is 20.8. The molecule has 2 N–H and O–H groups in total. The maximum absolute atomic E-state index is 12.0. The molecule has 0 aliphatic carbocycles. The van der Waals surface area contributed by atoms with Crippen LogP contribution in [-0.2, 0) is 11.3 Å². The van der Waals surface area contributed by atoms with Crippen LogP contribution in [0, 0.1) is 5.92 Å². The van der Waals surface area contributed by atoms with Gasteiger partial charge in [-0.2, -0.15) is 0 Å². The third-order valence-electron chi connectivity index (χ3n) is 3.95. The van der Waals surface area contributed by atoms with Crippen molar-refractivity contribution in [1.82, 2.24) is 20.1 Å². The quantitative estimate of drug-likeness (QED) is 0.832. The van der Waals surface area contributed by atoms with Gasteiger partial charge in [0.1, 0.15) is 5.82 Å². The highest BCUT2D eigenvalue weighted by atomic mass is 16.1. The molecule has 1 aliphatic heterocycles. The zero-order valence-corrected chi connectivity index (χ0v) is 13.1. The maximum atomic E-state index is 12.0. The number of anilines is 1. The molecule has 116 valence electrons. The van der Waals surface area contributed by atoms with E-state index < -0.39 is 0 Å². The molecular formula is C15H25N5O. The van der Waals surface area contributed by atoms with Gasteiger partial charge in [-0.1, -0.05) is 6.07 Å². The summed E-state index contributed by atoms with van der Waals surface area (Å²) in [4.78, 5) is 20.9. The summed E-state index contributed by atoms with van der Waals surface area (Å²) < 4.78 is 0. The van der Waals surface area contributed by atoms with Gasteiger partial charge < -0.3 is 15.5 Å². The van der Waals surface area contributed by atoms with Crippen LogP contribution in [0.3, 0.4) is 0 Å². The average Bonchev–Trinajstić information content (AvgIpc) is 2.69. The van der Waals surface area contributed by atoms with E-state index in [1.54, 1.807) is 13.2 Å². The zero-order valence-electron chi connectivity index (χ0n) is 13.1. The second kappa shape index (κ2) is 7.38. The fourth-order valence-corrected chi connectivity index (χ4v) is 2.79. The lowest BCUT2D eigenvalue weighted by molar-refractivity contribution is -0.125. The standard InChI is InChI=1S/C15H25N5O/c1-16-14-12(5-4-6-18-14)10-20-8-7-19(3)9-13(11-20)15(21)17-2/h4-6,13H,7-11H2,1-3H3,(H,16,18)(H,17,21). The van der Waals surface area contributed by atoms with Crippen molar-refractivity contribution in [3.8, 4) is 0 Å². The number of carbonyl (C=O) groups is 1. The van der Waals surface area contributed by atoms with E-state index in [0.717, 1.165) is 38.5 Å². The van der Waals surface area contributed by atoms with Gasteiger partial charge in [0.2, 0.25) is 5.91 Å². The lowest BCUT2D eigenvalue weighted by Gasteiger charge is -2.23. The minimum absolute atomic E-state index is 0.0113. The van der Waals surface area contributed by atoms with Gasteiger partial charge in [-0.05, 0) is 13.1 Å². The van der Waals surface area contributed by atoms with Gasteiger partial charge in [0.15, 0.2) is 0 Å². The number of amides is 1. The monoisotopic (exact) mass is 291 g/mol. The number of hydrogen-bond acceptors (Lipinski definition) is 5. The predicted molar refractivity (Wildman–Crippen MR) is 84.1 cm³/mol. The first-order valence-corrected chi connectivity index (χ1v) is 7.38. The predicted octanol–water partition coefficient (Wildman–Crippen LogP) is 0.233. The van der Waals surface area contributed by atoms with Crippen molar-refractivity contribution in [2.45, 2.75) is 6.54 Å². The first-order valence-electron chi connectivity index (χ1n) is 7.38. The van der Waals surface area contributed by atoms with Crippen molar-refractivity contribution >= 4 is 11.7 Å². The second-order valence-electron chi connectivity index (χ2n) is 5.57. The number of rotatable bonds is 4. The lowest BCUT2D eigenvalue weighted by Crippen LogP contribution is -2.39. The highest BCUT2D eigenvalue weighted by Crippen LogP contribution is 2.16. The largest absolute Gasteiger partial charge is 0.373 e. The molecule has 21 heavy (non-hydrogen) atoms. The Balaban J connectivity index is 2.09. The molecule has 1 aromatic rings. The Labute approximate surface area is 126 Å². The molecular weight excluding hydrogens is 266 g/mol. The molecule has 6 heteroatoms. The summed E-state index contributed by atoms with van der Waals surface area (Å²) in [6, 6.07) is 4.04. The summed E-state index contributed by atoms with van der Waals surface area (Å²) in [6.45, 7) is 4.33. The molecule has 0 spiro atoms. The average molecular weight is 291 g/mol. The van der Waals surface area contributed by atoms with E-state index in [4.69, 9.17) is 0 Å². The number of aromatic nitrogens is 1. The van der Waals surface area contributed by atoms with E-state index in [2.05, 4.69) is 38.5 Å². The third-order valence-corrected chi connectivity index (χ3v) is 3.95. The summed E-state index contributed by atoms with van der Waals surface area (Å²) in [7, 11) is 5.66. The molecule has 1 saturated heterocycles. The van der Waals surface area contributed by atoms with Crippen LogP contribution in [0.4, 0.5) is 5.82 Å². The number of carbonyl (C=O) groups excluding carboxylic acids is 1. The summed E-state index contributed by atoms with van der Waals surface area (Å²) >= 11 is 0. The topological polar surface area (TPSA) is 60.5 Å². The molecule has 0 bridgehead atoms. The summed E-state index contributed by atoms with van der Waals surface area (Å²) in [5.41, 5.74) is 1.17. The van der Waals surface area contributed by atoms with Gasteiger partial charge in [0.05, 0.1) is 5.92 Å². The Morgan fingerprint density at radius 1 is 1.38 bits per heavy atom. The number of hydrogen-bond donors (Lipinski definition) is 2. The molecule has 0 saturated carbocycles. The lowest BCUT2D eigenvalue weighted by atomic mass is 10.1. The van der Waals surface area contributed by atoms with Crippen molar-refractivity contribution in [3.63, 3.8) is 0 Å². The Bertz CT molecular complexity index is 479. The maximum Gasteiger partial charge on any atom is 0.225 e. The van der Waals surface area contributed by atoms with Gasteiger partial charge in [-0.25, -0.2) is 4.98 Å². The SMILES string of the molecule is CNC(=O)C1CN(C)CCN(Cc2cccnc2NC)C1.